The van der Waals surface area contributed by atoms with Crippen molar-refractivity contribution in [1.82, 2.24) is 15.1 Å². The van der Waals surface area contributed by atoms with E-state index in [1.165, 1.54) is 61.0 Å². The summed E-state index contributed by atoms with van der Waals surface area (Å²) in [6.07, 6.45) is 7.31. The van der Waals surface area contributed by atoms with Gasteiger partial charge in [-0.05, 0) is 75.5 Å². The predicted molar refractivity (Wildman–Crippen MR) is 131 cm³/mol. The Bertz CT molecular complexity index is 830. The minimum atomic E-state index is 0.145. The number of aryl methyl sites for hydroxylation is 1. The molecule has 0 saturated carbocycles. The molecule has 2 fully saturated rings. The molecule has 32 heavy (non-hydrogen) atoms. The molecule has 2 aliphatic rings. The lowest BCUT2D eigenvalue weighted by Gasteiger charge is -2.31. The summed E-state index contributed by atoms with van der Waals surface area (Å²) in [5, 5.41) is 3.18. The van der Waals surface area contributed by atoms with Crippen LogP contribution in [-0.2, 0) is 24.4 Å². The first-order valence-electron chi connectivity index (χ1n) is 12.5. The molecule has 2 aromatic rings. The average Bonchev–Trinajstić information content (AvgIpc) is 3.09. The molecule has 0 atom stereocenters. The monoisotopic (exact) mass is 433 g/mol. The normalized spacial score (nSPS) is 18.9. The van der Waals surface area contributed by atoms with Crippen molar-refractivity contribution in [2.45, 2.75) is 65.1 Å². The number of amides is 1. The number of likely N-dealkylation sites (tertiary alicyclic amines) is 2. The fourth-order valence-corrected chi connectivity index (χ4v) is 4.95. The van der Waals surface area contributed by atoms with Crippen LogP contribution in [0, 0.1) is 12.8 Å². The molecule has 0 aromatic heterocycles. The third-order valence-corrected chi connectivity index (χ3v) is 7.08. The average molecular weight is 434 g/mol. The summed E-state index contributed by atoms with van der Waals surface area (Å²) >= 11 is 0. The highest BCUT2D eigenvalue weighted by atomic mass is 16.1. The molecule has 0 aliphatic carbocycles. The van der Waals surface area contributed by atoms with Crippen LogP contribution in [0.25, 0.3) is 0 Å². The quantitative estimate of drug-likeness (QED) is 0.675. The van der Waals surface area contributed by atoms with Crippen molar-refractivity contribution in [2.24, 2.45) is 5.92 Å². The lowest BCUT2D eigenvalue weighted by atomic mass is 9.95. The molecule has 4 heteroatoms. The van der Waals surface area contributed by atoms with Crippen LogP contribution in [0.15, 0.2) is 48.5 Å². The van der Waals surface area contributed by atoms with Crippen molar-refractivity contribution in [3.63, 3.8) is 0 Å². The molecule has 0 unspecified atom stereocenters. The van der Waals surface area contributed by atoms with Gasteiger partial charge in [-0.15, -0.1) is 0 Å². The van der Waals surface area contributed by atoms with Crippen LogP contribution in [0.5, 0.6) is 0 Å². The van der Waals surface area contributed by atoms with Gasteiger partial charge < -0.3 is 5.32 Å². The van der Waals surface area contributed by atoms with E-state index in [0.717, 1.165) is 39.0 Å². The van der Waals surface area contributed by atoms with Crippen LogP contribution >= 0.6 is 0 Å². The van der Waals surface area contributed by atoms with Gasteiger partial charge in [0.15, 0.2) is 0 Å². The fraction of sp³-hybridized carbons (Fsp3) is 0.536. The summed E-state index contributed by atoms with van der Waals surface area (Å²) in [4.78, 5) is 17.7. The standard InChI is InChI=1S/C28H39N3O/c1-23-6-8-25(9-7-23)22-31-18-14-27(15-19-31)28(32)29-20-24-10-12-26(13-11-24)21-30-16-4-2-3-5-17-30/h6-13,27H,2-5,14-22H2,1H3,(H,29,32). The zero-order chi connectivity index (χ0) is 22.2. The molecule has 2 aliphatic heterocycles. The minimum Gasteiger partial charge on any atom is -0.352 e. The maximum atomic E-state index is 12.7. The number of nitrogens with zero attached hydrogens (tertiary/aromatic N) is 2. The molecule has 0 bridgehead atoms. The van der Waals surface area contributed by atoms with Crippen molar-refractivity contribution in [3.05, 3.63) is 70.8 Å². The second kappa shape index (κ2) is 11.6. The van der Waals surface area contributed by atoms with Gasteiger partial charge in [-0.1, -0.05) is 66.9 Å². The number of hydrogen-bond acceptors (Lipinski definition) is 3. The molecule has 2 saturated heterocycles. The predicted octanol–water partition coefficient (Wildman–Crippen LogP) is 4.90. The molecular formula is C28H39N3O. The maximum absolute atomic E-state index is 12.7. The van der Waals surface area contributed by atoms with Crippen LogP contribution in [0.4, 0.5) is 0 Å². The third-order valence-electron chi connectivity index (χ3n) is 7.08. The lowest BCUT2D eigenvalue weighted by Crippen LogP contribution is -2.40. The highest BCUT2D eigenvalue weighted by Gasteiger charge is 2.24. The largest absolute Gasteiger partial charge is 0.352 e. The van der Waals surface area contributed by atoms with Gasteiger partial charge in [0.1, 0.15) is 0 Å². The first kappa shape index (κ1) is 23.0. The van der Waals surface area contributed by atoms with E-state index in [0.29, 0.717) is 6.54 Å². The Kier molecular flexibility index (Phi) is 8.36. The van der Waals surface area contributed by atoms with E-state index in [9.17, 15) is 4.79 Å². The Hall–Kier alpha value is -2.17. The number of benzene rings is 2. The Labute approximate surface area is 194 Å². The minimum absolute atomic E-state index is 0.145. The van der Waals surface area contributed by atoms with Crippen molar-refractivity contribution in [1.29, 1.82) is 0 Å². The van der Waals surface area contributed by atoms with Crippen LogP contribution in [0.2, 0.25) is 0 Å². The fourth-order valence-electron chi connectivity index (χ4n) is 4.95. The van der Waals surface area contributed by atoms with Crippen molar-refractivity contribution in [2.75, 3.05) is 26.2 Å². The van der Waals surface area contributed by atoms with Gasteiger partial charge >= 0.3 is 0 Å². The Morgan fingerprint density at radius 3 is 1.84 bits per heavy atom. The molecule has 0 spiro atoms. The molecule has 2 aromatic carbocycles. The molecule has 4 rings (SSSR count). The van der Waals surface area contributed by atoms with Crippen molar-refractivity contribution >= 4 is 5.91 Å². The molecule has 1 amide bonds. The summed E-state index contributed by atoms with van der Waals surface area (Å²) in [6, 6.07) is 17.6. The topological polar surface area (TPSA) is 35.6 Å². The van der Waals surface area contributed by atoms with E-state index in [4.69, 9.17) is 0 Å². The second-order valence-corrected chi connectivity index (χ2v) is 9.76. The van der Waals surface area contributed by atoms with Crippen LogP contribution in [0.3, 0.4) is 0 Å². The zero-order valence-electron chi connectivity index (χ0n) is 19.7. The summed E-state index contributed by atoms with van der Waals surface area (Å²) in [5.74, 6) is 0.361. The van der Waals surface area contributed by atoms with Gasteiger partial charge in [0.05, 0.1) is 0 Å². The number of hydrogen-bond donors (Lipinski definition) is 1. The Morgan fingerprint density at radius 1 is 0.750 bits per heavy atom. The third kappa shape index (κ3) is 6.91. The Balaban J connectivity index is 1.17. The summed E-state index contributed by atoms with van der Waals surface area (Å²) in [7, 11) is 0. The smallest absolute Gasteiger partial charge is 0.223 e. The molecule has 172 valence electrons. The highest BCUT2D eigenvalue weighted by Crippen LogP contribution is 2.20. The van der Waals surface area contributed by atoms with E-state index < -0.39 is 0 Å². The first-order valence-corrected chi connectivity index (χ1v) is 12.5. The number of carbonyl (C=O) groups is 1. The number of piperidine rings is 1. The molecular weight excluding hydrogens is 394 g/mol. The lowest BCUT2D eigenvalue weighted by molar-refractivity contribution is -0.126. The van der Waals surface area contributed by atoms with E-state index in [2.05, 4.69) is 70.6 Å². The van der Waals surface area contributed by atoms with E-state index in [1.54, 1.807) is 0 Å². The van der Waals surface area contributed by atoms with Gasteiger partial charge in [-0.2, -0.15) is 0 Å². The van der Waals surface area contributed by atoms with Gasteiger partial charge in [0, 0.05) is 25.6 Å². The zero-order valence-corrected chi connectivity index (χ0v) is 19.7. The molecule has 1 N–H and O–H groups in total. The van der Waals surface area contributed by atoms with Crippen LogP contribution in [0.1, 0.15) is 60.8 Å². The second-order valence-electron chi connectivity index (χ2n) is 9.76. The van der Waals surface area contributed by atoms with E-state index in [1.807, 2.05) is 0 Å². The van der Waals surface area contributed by atoms with Crippen LogP contribution < -0.4 is 5.32 Å². The summed E-state index contributed by atoms with van der Waals surface area (Å²) in [6.45, 7) is 9.23. The molecule has 4 nitrogen and oxygen atoms in total. The van der Waals surface area contributed by atoms with Gasteiger partial charge in [-0.3, -0.25) is 14.6 Å². The highest BCUT2D eigenvalue weighted by molar-refractivity contribution is 5.78. The van der Waals surface area contributed by atoms with E-state index >= 15 is 0 Å². The first-order chi connectivity index (χ1) is 15.7. The Morgan fingerprint density at radius 2 is 1.25 bits per heavy atom. The van der Waals surface area contributed by atoms with Gasteiger partial charge in [0.25, 0.3) is 0 Å². The maximum Gasteiger partial charge on any atom is 0.223 e. The number of rotatable bonds is 7. The molecule has 0 radical (unpaired) electrons. The summed E-state index contributed by atoms with van der Waals surface area (Å²) in [5.41, 5.74) is 5.23. The number of carbonyl (C=O) groups excluding carboxylic acids is 1. The van der Waals surface area contributed by atoms with Gasteiger partial charge in [0.2, 0.25) is 5.91 Å². The van der Waals surface area contributed by atoms with Crippen molar-refractivity contribution in [3.8, 4) is 0 Å². The van der Waals surface area contributed by atoms with Crippen LogP contribution in [-0.4, -0.2) is 41.9 Å². The molecule has 2 heterocycles. The van der Waals surface area contributed by atoms with Crippen molar-refractivity contribution < 1.29 is 4.79 Å². The number of nitrogens with one attached hydrogen (secondary N) is 1. The van der Waals surface area contributed by atoms with Gasteiger partial charge in [-0.25, -0.2) is 0 Å². The SMILES string of the molecule is Cc1ccc(CN2CCC(C(=O)NCc3ccc(CN4CCCCCC4)cc3)CC2)cc1. The summed E-state index contributed by atoms with van der Waals surface area (Å²) < 4.78 is 0. The van der Waals surface area contributed by atoms with E-state index in [-0.39, 0.29) is 11.8 Å².